The van der Waals surface area contributed by atoms with Gasteiger partial charge in [0.05, 0.1) is 18.7 Å². The lowest BCUT2D eigenvalue weighted by molar-refractivity contribution is -0.124. The first-order valence-electron chi connectivity index (χ1n) is 8.31. The number of carbonyl (C=O) groups is 1. The topological polar surface area (TPSA) is 76.6 Å². The van der Waals surface area contributed by atoms with Crippen LogP contribution in [0.3, 0.4) is 0 Å². The maximum absolute atomic E-state index is 12.2. The lowest BCUT2D eigenvalue weighted by Gasteiger charge is -2.28. The van der Waals surface area contributed by atoms with Crippen molar-refractivity contribution >= 4 is 28.3 Å². The predicted octanol–water partition coefficient (Wildman–Crippen LogP) is 1.58. The monoisotopic (exact) mass is 328 g/mol. The number of rotatable bonds is 3. The number of aromatic nitrogens is 2. The molecule has 7 heteroatoms. The van der Waals surface area contributed by atoms with Crippen LogP contribution < -0.4 is 10.2 Å². The highest BCUT2D eigenvalue weighted by atomic mass is 16.5. The fraction of sp³-hybridized carbons (Fsp3) is 0.471. The lowest BCUT2D eigenvalue weighted by Crippen LogP contribution is -2.36. The molecule has 2 aromatic rings. The number of hydrogen-bond donors (Lipinski definition) is 1. The Hall–Kier alpha value is -2.25. The molecule has 1 unspecified atom stereocenters. The Bertz CT molecular complexity index is 740. The lowest BCUT2D eigenvalue weighted by atomic mass is 10.2. The van der Waals surface area contributed by atoms with Crippen molar-refractivity contribution in [1.82, 2.24) is 9.97 Å². The average Bonchev–Trinajstić information content (AvgIpc) is 3.16. The van der Waals surface area contributed by atoms with Gasteiger partial charge in [0.2, 0.25) is 0 Å². The molecule has 2 saturated heterocycles. The van der Waals surface area contributed by atoms with E-state index in [0.717, 1.165) is 48.3 Å². The zero-order valence-electron chi connectivity index (χ0n) is 13.4. The molecule has 2 aliphatic heterocycles. The van der Waals surface area contributed by atoms with Crippen LogP contribution in [0.2, 0.25) is 0 Å². The number of nitrogens with one attached hydrogen (secondary N) is 1. The zero-order chi connectivity index (χ0) is 16.4. The van der Waals surface area contributed by atoms with Gasteiger partial charge in [-0.25, -0.2) is 9.97 Å². The van der Waals surface area contributed by atoms with Crippen molar-refractivity contribution in [2.45, 2.75) is 18.9 Å². The van der Waals surface area contributed by atoms with E-state index in [4.69, 9.17) is 9.47 Å². The molecular formula is C17H20N4O3. The van der Waals surface area contributed by atoms with Crippen molar-refractivity contribution in [2.24, 2.45) is 0 Å². The first-order valence-corrected chi connectivity index (χ1v) is 8.31. The summed E-state index contributed by atoms with van der Waals surface area (Å²) in [5, 5.41) is 3.90. The summed E-state index contributed by atoms with van der Waals surface area (Å²) in [4.78, 5) is 23.2. The van der Waals surface area contributed by atoms with Crippen molar-refractivity contribution in [3.8, 4) is 0 Å². The largest absolute Gasteiger partial charge is 0.378 e. The summed E-state index contributed by atoms with van der Waals surface area (Å²) in [6.07, 6.45) is 2.95. The molecule has 1 aromatic carbocycles. The van der Waals surface area contributed by atoms with Crippen LogP contribution in [0.5, 0.6) is 0 Å². The molecule has 2 fully saturated rings. The number of amides is 1. The van der Waals surface area contributed by atoms with Crippen LogP contribution in [0, 0.1) is 0 Å². The van der Waals surface area contributed by atoms with Crippen molar-refractivity contribution in [1.29, 1.82) is 0 Å². The van der Waals surface area contributed by atoms with Crippen LogP contribution in [-0.2, 0) is 14.3 Å². The van der Waals surface area contributed by atoms with E-state index in [2.05, 4.69) is 20.2 Å². The summed E-state index contributed by atoms with van der Waals surface area (Å²) in [7, 11) is 0. The van der Waals surface area contributed by atoms with E-state index >= 15 is 0 Å². The van der Waals surface area contributed by atoms with Gasteiger partial charge in [-0.3, -0.25) is 4.79 Å². The first kappa shape index (κ1) is 15.3. The summed E-state index contributed by atoms with van der Waals surface area (Å²) in [6, 6.07) is 5.74. The van der Waals surface area contributed by atoms with E-state index in [0.29, 0.717) is 19.8 Å². The van der Waals surface area contributed by atoms with E-state index in [1.165, 1.54) is 0 Å². The molecule has 7 nitrogen and oxygen atoms in total. The van der Waals surface area contributed by atoms with Crippen LogP contribution in [-0.4, -0.2) is 54.9 Å². The Morgan fingerprint density at radius 2 is 2.08 bits per heavy atom. The SMILES string of the molecule is O=C(Nc1ccc2c(N3CCOCC3)ncnc2c1)C1CCCO1. The fourth-order valence-corrected chi connectivity index (χ4v) is 3.15. The van der Waals surface area contributed by atoms with E-state index in [1.807, 2.05) is 18.2 Å². The van der Waals surface area contributed by atoms with Crippen LogP contribution >= 0.6 is 0 Å². The van der Waals surface area contributed by atoms with E-state index < -0.39 is 0 Å². The molecule has 1 atom stereocenters. The Morgan fingerprint density at radius 3 is 2.88 bits per heavy atom. The molecule has 2 aliphatic rings. The highest BCUT2D eigenvalue weighted by Crippen LogP contribution is 2.26. The number of ether oxygens (including phenoxy) is 2. The third-order valence-corrected chi connectivity index (χ3v) is 4.42. The second-order valence-corrected chi connectivity index (χ2v) is 6.02. The Morgan fingerprint density at radius 1 is 1.21 bits per heavy atom. The molecule has 1 aromatic heterocycles. The van der Waals surface area contributed by atoms with E-state index in [9.17, 15) is 4.79 Å². The van der Waals surface area contributed by atoms with Crippen LogP contribution in [0.15, 0.2) is 24.5 Å². The van der Waals surface area contributed by atoms with Crippen molar-refractivity contribution in [2.75, 3.05) is 43.1 Å². The van der Waals surface area contributed by atoms with Gasteiger partial charge in [0, 0.05) is 30.8 Å². The van der Waals surface area contributed by atoms with Crippen molar-refractivity contribution in [3.05, 3.63) is 24.5 Å². The highest BCUT2D eigenvalue weighted by Gasteiger charge is 2.23. The van der Waals surface area contributed by atoms with Crippen LogP contribution in [0.25, 0.3) is 10.9 Å². The van der Waals surface area contributed by atoms with Gasteiger partial charge < -0.3 is 19.7 Å². The number of fused-ring (bicyclic) bond motifs is 1. The standard InChI is InChI=1S/C17H20N4O3/c22-17(15-2-1-7-24-15)20-12-3-4-13-14(10-12)18-11-19-16(13)21-5-8-23-9-6-21/h3-4,10-11,15H,1-2,5-9H2,(H,20,22). The van der Waals surface area contributed by atoms with Gasteiger partial charge in [0.1, 0.15) is 18.2 Å². The second kappa shape index (κ2) is 6.70. The third kappa shape index (κ3) is 3.05. The molecule has 3 heterocycles. The first-order chi connectivity index (χ1) is 11.8. The summed E-state index contributed by atoms with van der Waals surface area (Å²) in [5.74, 6) is 0.828. The Balaban J connectivity index is 1.58. The van der Waals surface area contributed by atoms with Gasteiger partial charge in [0.15, 0.2) is 0 Å². The molecule has 1 amide bonds. The Kier molecular flexibility index (Phi) is 4.27. The number of hydrogen-bond acceptors (Lipinski definition) is 6. The summed E-state index contributed by atoms with van der Waals surface area (Å²) < 4.78 is 10.8. The van der Waals surface area contributed by atoms with Gasteiger partial charge in [0.25, 0.3) is 5.91 Å². The molecule has 0 saturated carbocycles. The normalized spacial score (nSPS) is 21.2. The number of anilines is 2. The minimum Gasteiger partial charge on any atom is -0.378 e. The van der Waals surface area contributed by atoms with Gasteiger partial charge >= 0.3 is 0 Å². The Labute approximate surface area is 140 Å². The van der Waals surface area contributed by atoms with Crippen molar-refractivity contribution < 1.29 is 14.3 Å². The molecule has 0 spiro atoms. The van der Waals surface area contributed by atoms with Crippen LogP contribution in [0.1, 0.15) is 12.8 Å². The summed E-state index contributed by atoms with van der Waals surface area (Å²) in [6.45, 7) is 3.72. The molecule has 0 radical (unpaired) electrons. The maximum Gasteiger partial charge on any atom is 0.253 e. The third-order valence-electron chi connectivity index (χ3n) is 4.42. The smallest absolute Gasteiger partial charge is 0.253 e. The van der Waals surface area contributed by atoms with E-state index in [-0.39, 0.29) is 12.0 Å². The molecule has 0 aliphatic carbocycles. The minimum atomic E-state index is -0.338. The summed E-state index contributed by atoms with van der Waals surface area (Å²) in [5.41, 5.74) is 1.55. The molecule has 24 heavy (non-hydrogen) atoms. The van der Waals surface area contributed by atoms with Gasteiger partial charge in [-0.15, -0.1) is 0 Å². The fourth-order valence-electron chi connectivity index (χ4n) is 3.15. The minimum absolute atomic E-state index is 0.0886. The van der Waals surface area contributed by atoms with E-state index in [1.54, 1.807) is 6.33 Å². The predicted molar refractivity (Wildman–Crippen MR) is 90.2 cm³/mol. The number of benzene rings is 1. The van der Waals surface area contributed by atoms with Gasteiger partial charge in [-0.2, -0.15) is 0 Å². The molecule has 0 bridgehead atoms. The number of morpholine rings is 1. The molecular weight excluding hydrogens is 308 g/mol. The molecule has 4 rings (SSSR count). The quantitative estimate of drug-likeness (QED) is 0.922. The molecule has 126 valence electrons. The van der Waals surface area contributed by atoms with Crippen molar-refractivity contribution in [3.63, 3.8) is 0 Å². The number of carbonyl (C=O) groups excluding carboxylic acids is 1. The highest BCUT2D eigenvalue weighted by molar-refractivity contribution is 5.98. The second-order valence-electron chi connectivity index (χ2n) is 6.02. The number of nitrogens with zero attached hydrogens (tertiary/aromatic N) is 3. The summed E-state index contributed by atoms with van der Waals surface area (Å²) >= 11 is 0. The van der Waals surface area contributed by atoms with Gasteiger partial charge in [-0.1, -0.05) is 0 Å². The molecule has 1 N–H and O–H groups in total. The average molecular weight is 328 g/mol. The van der Waals surface area contributed by atoms with Gasteiger partial charge in [-0.05, 0) is 31.0 Å². The maximum atomic E-state index is 12.2. The zero-order valence-corrected chi connectivity index (χ0v) is 13.4. The van der Waals surface area contributed by atoms with Crippen LogP contribution in [0.4, 0.5) is 11.5 Å².